The number of aromatic carboxylic acids is 2. The van der Waals surface area contributed by atoms with Gasteiger partial charge in [-0.25, -0.2) is 9.59 Å². The van der Waals surface area contributed by atoms with Crippen molar-refractivity contribution in [1.82, 2.24) is 0 Å². The van der Waals surface area contributed by atoms with Crippen molar-refractivity contribution in [1.29, 1.82) is 0 Å². The van der Waals surface area contributed by atoms with Crippen LogP contribution in [0.1, 0.15) is 37.4 Å². The Morgan fingerprint density at radius 3 is 2.33 bits per heavy atom. The highest BCUT2D eigenvalue weighted by atomic mass is 16.4. The first kappa shape index (κ1) is 13.3. The van der Waals surface area contributed by atoms with Crippen LogP contribution in [0.5, 0.6) is 0 Å². The predicted octanol–water partition coefficient (Wildman–Crippen LogP) is 2.15. The lowest BCUT2D eigenvalue weighted by atomic mass is 9.96. The van der Waals surface area contributed by atoms with Gasteiger partial charge in [-0.2, -0.15) is 0 Å². The average molecular weight is 284 g/mol. The molecule has 0 amide bonds. The molecule has 1 aliphatic carbocycles. The van der Waals surface area contributed by atoms with Crippen LogP contribution < -0.4 is 0 Å². The smallest absolute Gasteiger partial charge is 0.336 e. The van der Waals surface area contributed by atoms with Crippen LogP contribution in [0.25, 0.3) is 11.1 Å². The van der Waals surface area contributed by atoms with Crippen LogP contribution in [0.4, 0.5) is 0 Å². The number of benzene rings is 2. The number of hydrogen-bond donors (Lipinski definition) is 3. The molecule has 0 spiro atoms. The summed E-state index contributed by atoms with van der Waals surface area (Å²) in [6, 6.07) is 8.04. The van der Waals surface area contributed by atoms with Gasteiger partial charge in [-0.3, -0.25) is 0 Å². The number of rotatable bonds is 3. The fourth-order valence-electron chi connectivity index (χ4n) is 2.85. The van der Waals surface area contributed by atoms with Gasteiger partial charge in [0.2, 0.25) is 0 Å². The minimum atomic E-state index is -1.08. The zero-order valence-electron chi connectivity index (χ0n) is 11.0. The maximum Gasteiger partial charge on any atom is 0.336 e. The molecule has 0 aromatic heterocycles. The number of hydrogen-bond acceptors (Lipinski definition) is 3. The summed E-state index contributed by atoms with van der Waals surface area (Å²) < 4.78 is 0. The van der Waals surface area contributed by atoms with Gasteiger partial charge >= 0.3 is 11.9 Å². The average Bonchev–Trinajstić information content (AvgIpc) is 2.83. The molecule has 3 N–H and O–H groups in total. The van der Waals surface area contributed by atoms with Crippen molar-refractivity contribution in [3.63, 3.8) is 0 Å². The van der Waals surface area contributed by atoms with Crippen molar-refractivity contribution in [2.24, 2.45) is 0 Å². The highest BCUT2D eigenvalue weighted by Gasteiger charge is 2.25. The number of aliphatic hydroxyl groups is 1. The van der Waals surface area contributed by atoms with Gasteiger partial charge in [-0.15, -0.1) is 0 Å². The van der Waals surface area contributed by atoms with Crippen LogP contribution in [0.2, 0.25) is 0 Å². The Labute approximate surface area is 120 Å². The molecule has 0 atom stereocenters. The molecular weight excluding hydrogens is 272 g/mol. The van der Waals surface area contributed by atoms with Gasteiger partial charge in [0, 0.05) is 0 Å². The molecule has 0 bridgehead atoms. The number of carboxylic acid groups (broad SMARTS) is 2. The molecule has 1 aliphatic rings. The summed E-state index contributed by atoms with van der Waals surface area (Å²) >= 11 is 0. The lowest BCUT2D eigenvalue weighted by Crippen LogP contribution is -2.05. The Morgan fingerprint density at radius 2 is 1.71 bits per heavy atom. The van der Waals surface area contributed by atoms with Crippen LogP contribution in [0.15, 0.2) is 30.3 Å². The van der Waals surface area contributed by atoms with E-state index in [1.165, 1.54) is 12.1 Å². The SMILES string of the molecule is O=C(O)c1ccc2c(c1)Cc1c-2ccc(C(=O)O)c1CO. The van der Waals surface area contributed by atoms with Crippen LogP contribution in [-0.4, -0.2) is 27.3 Å². The standard InChI is InChI=1S/C16H12O5/c17-7-14-12(16(20)21)4-3-11-10-2-1-8(15(18)19)5-9(10)6-13(11)14/h1-5,17H,6-7H2,(H,18,19)(H,20,21). The van der Waals surface area contributed by atoms with Crippen LogP contribution in [0, 0.1) is 0 Å². The Balaban J connectivity index is 2.18. The molecule has 0 fully saturated rings. The molecule has 5 nitrogen and oxygen atoms in total. The third kappa shape index (κ3) is 1.98. The van der Waals surface area contributed by atoms with Gasteiger partial charge < -0.3 is 15.3 Å². The van der Waals surface area contributed by atoms with Gasteiger partial charge in [0.1, 0.15) is 0 Å². The van der Waals surface area contributed by atoms with E-state index in [-0.39, 0.29) is 17.7 Å². The molecule has 0 saturated heterocycles. The van der Waals surface area contributed by atoms with E-state index in [9.17, 15) is 19.8 Å². The molecule has 5 heteroatoms. The molecule has 3 rings (SSSR count). The van der Waals surface area contributed by atoms with E-state index in [4.69, 9.17) is 5.11 Å². The second-order valence-electron chi connectivity index (χ2n) is 4.93. The Bertz CT molecular complexity index is 776. The molecule has 2 aromatic carbocycles. The zero-order chi connectivity index (χ0) is 15.1. The quantitative estimate of drug-likeness (QED) is 0.685. The molecule has 106 valence electrons. The minimum absolute atomic E-state index is 0.0857. The van der Waals surface area contributed by atoms with Gasteiger partial charge in [-0.1, -0.05) is 12.1 Å². The predicted molar refractivity (Wildman–Crippen MR) is 74.5 cm³/mol. The van der Waals surface area contributed by atoms with Gasteiger partial charge in [0.05, 0.1) is 17.7 Å². The van der Waals surface area contributed by atoms with E-state index in [0.717, 1.165) is 22.3 Å². The van der Waals surface area contributed by atoms with Gasteiger partial charge in [0.25, 0.3) is 0 Å². The van der Waals surface area contributed by atoms with Gasteiger partial charge in [0.15, 0.2) is 0 Å². The third-order valence-electron chi connectivity index (χ3n) is 3.83. The number of carbonyl (C=O) groups is 2. The maximum atomic E-state index is 11.2. The molecule has 0 radical (unpaired) electrons. The lowest BCUT2D eigenvalue weighted by molar-refractivity contribution is 0.0684. The van der Waals surface area contributed by atoms with Crippen molar-refractivity contribution < 1.29 is 24.9 Å². The summed E-state index contributed by atoms with van der Waals surface area (Å²) in [6.07, 6.45) is 0.433. The highest BCUT2D eigenvalue weighted by Crippen LogP contribution is 2.39. The first-order valence-corrected chi connectivity index (χ1v) is 6.38. The fourth-order valence-corrected chi connectivity index (χ4v) is 2.85. The van der Waals surface area contributed by atoms with Crippen molar-refractivity contribution in [3.8, 4) is 11.1 Å². The summed E-state index contributed by atoms with van der Waals surface area (Å²) in [5, 5.41) is 27.7. The fraction of sp³-hybridized carbons (Fsp3) is 0.125. The Kier molecular flexibility index (Phi) is 2.99. The summed E-state index contributed by atoms with van der Waals surface area (Å²) in [7, 11) is 0. The van der Waals surface area contributed by atoms with E-state index in [0.29, 0.717) is 12.0 Å². The minimum Gasteiger partial charge on any atom is -0.478 e. The van der Waals surface area contributed by atoms with E-state index in [2.05, 4.69) is 0 Å². The molecular formula is C16H12O5. The molecule has 0 aliphatic heterocycles. The van der Waals surface area contributed by atoms with E-state index < -0.39 is 11.9 Å². The summed E-state index contributed by atoms with van der Waals surface area (Å²) in [6.45, 7) is -0.357. The maximum absolute atomic E-state index is 11.2. The Hall–Kier alpha value is -2.66. The molecule has 0 saturated carbocycles. The second kappa shape index (κ2) is 4.71. The summed E-state index contributed by atoms with van der Waals surface area (Å²) in [4.78, 5) is 22.2. The Morgan fingerprint density at radius 1 is 1.00 bits per heavy atom. The topological polar surface area (TPSA) is 94.8 Å². The summed E-state index contributed by atoms with van der Waals surface area (Å²) in [5.41, 5.74) is 4.02. The molecule has 2 aromatic rings. The van der Waals surface area contributed by atoms with Crippen molar-refractivity contribution in [2.75, 3.05) is 0 Å². The molecule has 21 heavy (non-hydrogen) atoms. The van der Waals surface area contributed by atoms with E-state index >= 15 is 0 Å². The first-order valence-electron chi connectivity index (χ1n) is 6.38. The molecule has 0 heterocycles. The molecule has 0 unspecified atom stereocenters. The summed E-state index contributed by atoms with van der Waals surface area (Å²) in [5.74, 6) is -2.08. The third-order valence-corrected chi connectivity index (χ3v) is 3.83. The van der Waals surface area contributed by atoms with Crippen LogP contribution in [0.3, 0.4) is 0 Å². The second-order valence-corrected chi connectivity index (χ2v) is 4.93. The first-order chi connectivity index (χ1) is 10.0. The largest absolute Gasteiger partial charge is 0.478 e. The number of aliphatic hydroxyl groups excluding tert-OH is 1. The van der Waals surface area contributed by atoms with E-state index in [1.807, 2.05) is 0 Å². The van der Waals surface area contributed by atoms with E-state index in [1.54, 1.807) is 18.2 Å². The van der Waals surface area contributed by atoms with Gasteiger partial charge in [-0.05, 0) is 52.4 Å². The normalized spacial score (nSPS) is 11.9. The van der Waals surface area contributed by atoms with Crippen molar-refractivity contribution in [3.05, 3.63) is 58.1 Å². The van der Waals surface area contributed by atoms with Crippen LogP contribution in [-0.2, 0) is 13.0 Å². The van der Waals surface area contributed by atoms with Crippen molar-refractivity contribution in [2.45, 2.75) is 13.0 Å². The lowest BCUT2D eigenvalue weighted by Gasteiger charge is -2.09. The number of fused-ring (bicyclic) bond motifs is 3. The van der Waals surface area contributed by atoms with Crippen molar-refractivity contribution >= 4 is 11.9 Å². The van der Waals surface area contributed by atoms with Crippen LogP contribution >= 0.6 is 0 Å². The highest BCUT2D eigenvalue weighted by molar-refractivity contribution is 5.94. The zero-order valence-corrected chi connectivity index (χ0v) is 11.0. The monoisotopic (exact) mass is 284 g/mol. The number of carboxylic acids is 2.